The number of anilines is 1. The first-order valence-corrected chi connectivity index (χ1v) is 8.23. The molecule has 2 aromatic rings. The third-order valence-electron chi connectivity index (χ3n) is 4.08. The van der Waals surface area contributed by atoms with Crippen LogP contribution in [0.2, 0.25) is 0 Å². The molecule has 0 bridgehead atoms. The molecule has 0 aliphatic heterocycles. The lowest BCUT2D eigenvalue weighted by Crippen LogP contribution is -2.27. The van der Waals surface area contributed by atoms with E-state index < -0.39 is 0 Å². The summed E-state index contributed by atoms with van der Waals surface area (Å²) in [7, 11) is 3.17. The maximum absolute atomic E-state index is 12.9. The number of rotatable bonds is 6. The number of hydrogen-bond donors (Lipinski definition) is 2. The maximum Gasteiger partial charge on any atom is 0.253 e. The van der Waals surface area contributed by atoms with Gasteiger partial charge in [0.25, 0.3) is 5.91 Å². The fraction of sp³-hybridized carbons (Fsp3) is 0.300. The van der Waals surface area contributed by atoms with Gasteiger partial charge >= 0.3 is 0 Å². The van der Waals surface area contributed by atoms with Crippen LogP contribution in [0.25, 0.3) is 0 Å². The Morgan fingerprint density at radius 1 is 1.00 bits per heavy atom. The summed E-state index contributed by atoms with van der Waals surface area (Å²) in [5.74, 6) is 0.138. The van der Waals surface area contributed by atoms with Gasteiger partial charge in [0.1, 0.15) is 5.75 Å². The van der Waals surface area contributed by atoms with Crippen molar-refractivity contribution in [2.45, 2.75) is 19.8 Å². The number of carbonyl (C=O) groups is 2. The van der Waals surface area contributed by atoms with E-state index in [9.17, 15) is 9.59 Å². The van der Waals surface area contributed by atoms with Crippen LogP contribution >= 0.6 is 0 Å². The van der Waals surface area contributed by atoms with Crippen LogP contribution in [-0.2, 0) is 4.79 Å². The number of methoxy groups -OCH3 is 1. The molecular weight excluding hydrogens is 316 g/mol. The first kappa shape index (κ1) is 18.5. The highest BCUT2D eigenvalue weighted by atomic mass is 16.5. The molecule has 1 atom stereocenters. The number of amides is 2. The second kappa shape index (κ2) is 8.33. The Balaban J connectivity index is 2.28. The van der Waals surface area contributed by atoms with Crippen molar-refractivity contribution in [3.05, 3.63) is 59.7 Å². The number of hydrogen-bond acceptors (Lipinski definition) is 3. The number of carbonyl (C=O) groups excluding carboxylic acids is 2. The quantitative estimate of drug-likeness (QED) is 0.846. The van der Waals surface area contributed by atoms with Crippen molar-refractivity contribution in [1.82, 2.24) is 5.32 Å². The topological polar surface area (TPSA) is 67.4 Å². The van der Waals surface area contributed by atoms with Crippen molar-refractivity contribution in [3.63, 3.8) is 0 Å². The Kier molecular flexibility index (Phi) is 6.17. The molecule has 0 aliphatic carbocycles. The average molecular weight is 340 g/mol. The van der Waals surface area contributed by atoms with Crippen molar-refractivity contribution in [1.29, 1.82) is 0 Å². The number of ether oxygens (including phenoxy) is 1. The van der Waals surface area contributed by atoms with Gasteiger partial charge in [-0.1, -0.05) is 38.1 Å². The highest BCUT2D eigenvalue weighted by Gasteiger charge is 2.25. The van der Waals surface area contributed by atoms with Gasteiger partial charge in [0.15, 0.2) is 0 Å². The molecule has 2 amide bonds. The van der Waals surface area contributed by atoms with E-state index in [0.717, 1.165) is 11.3 Å². The molecular formula is C20H24N2O3. The highest BCUT2D eigenvalue weighted by molar-refractivity contribution is 6.05. The average Bonchev–Trinajstić information content (AvgIpc) is 2.62. The summed E-state index contributed by atoms with van der Waals surface area (Å²) in [6.45, 7) is 4.00. The predicted molar refractivity (Wildman–Crippen MR) is 99.0 cm³/mol. The molecule has 2 N–H and O–H groups in total. The van der Waals surface area contributed by atoms with Gasteiger partial charge < -0.3 is 15.4 Å². The van der Waals surface area contributed by atoms with E-state index in [1.807, 2.05) is 38.1 Å². The number of benzene rings is 2. The molecule has 0 saturated heterocycles. The van der Waals surface area contributed by atoms with Crippen molar-refractivity contribution in [3.8, 4) is 5.75 Å². The Morgan fingerprint density at radius 2 is 1.64 bits per heavy atom. The van der Waals surface area contributed by atoms with Crippen molar-refractivity contribution in [2.24, 2.45) is 5.92 Å². The lowest BCUT2D eigenvalue weighted by Gasteiger charge is -2.22. The lowest BCUT2D eigenvalue weighted by atomic mass is 9.87. The Labute approximate surface area is 148 Å². The molecule has 0 heterocycles. The highest BCUT2D eigenvalue weighted by Crippen LogP contribution is 2.28. The van der Waals surface area contributed by atoms with Crippen LogP contribution in [0, 0.1) is 5.92 Å². The van der Waals surface area contributed by atoms with Crippen LogP contribution in [0.1, 0.15) is 35.7 Å². The standard InChI is InChI=1S/C20H24N2O3/c1-13(2)18(14-9-11-15(25-4)12-10-14)20(24)22-17-8-6-5-7-16(17)19(23)21-3/h5-13,18H,1-4H3,(H,21,23)(H,22,24). The van der Waals surface area contributed by atoms with Crippen LogP contribution in [0.5, 0.6) is 5.75 Å². The third kappa shape index (κ3) is 4.38. The Bertz CT molecular complexity index is 739. The summed E-state index contributed by atoms with van der Waals surface area (Å²) in [5.41, 5.74) is 1.85. The smallest absolute Gasteiger partial charge is 0.253 e. The summed E-state index contributed by atoms with van der Waals surface area (Å²) < 4.78 is 5.17. The van der Waals surface area contributed by atoms with Gasteiger partial charge in [-0.25, -0.2) is 0 Å². The van der Waals surface area contributed by atoms with E-state index in [2.05, 4.69) is 10.6 Å². The second-order valence-corrected chi connectivity index (χ2v) is 6.11. The zero-order chi connectivity index (χ0) is 18.4. The largest absolute Gasteiger partial charge is 0.497 e. The van der Waals surface area contributed by atoms with E-state index in [4.69, 9.17) is 4.74 Å². The minimum absolute atomic E-state index is 0.0977. The molecule has 0 aromatic heterocycles. The first-order valence-electron chi connectivity index (χ1n) is 8.23. The summed E-state index contributed by atoms with van der Waals surface area (Å²) >= 11 is 0. The summed E-state index contributed by atoms with van der Waals surface area (Å²) in [5, 5.41) is 5.49. The molecule has 0 aliphatic rings. The fourth-order valence-corrected chi connectivity index (χ4v) is 2.79. The summed E-state index contributed by atoms with van der Waals surface area (Å²) in [6, 6.07) is 14.5. The van der Waals surface area contributed by atoms with Gasteiger partial charge in [0, 0.05) is 7.05 Å². The van der Waals surface area contributed by atoms with Crippen LogP contribution in [0.15, 0.2) is 48.5 Å². The zero-order valence-electron chi connectivity index (χ0n) is 15.0. The van der Waals surface area contributed by atoms with Crippen molar-refractivity contribution in [2.75, 3.05) is 19.5 Å². The number of nitrogens with one attached hydrogen (secondary N) is 2. The van der Waals surface area contributed by atoms with E-state index in [1.165, 1.54) is 0 Å². The van der Waals surface area contributed by atoms with Crippen LogP contribution < -0.4 is 15.4 Å². The monoisotopic (exact) mass is 340 g/mol. The first-order chi connectivity index (χ1) is 12.0. The normalized spacial score (nSPS) is 11.7. The van der Waals surface area contributed by atoms with Crippen molar-refractivity contribution >= 4 is 17.5 Å². The number of para-hydroxylation sites is 1. The molecule has 132 valence electrons. The third-order valence-corrected chi connectivity index (χ3v) is 4.08. The molecule has 25 heavy (non-hydrogen) atoms. The van der Waals surface area contributed by atoms with E-state index in [-0.39, 0.29) is 23.7 Å². The van der Waals surface area contributed by atoms with Gasteiger partial charge in [0.05, 0.1) is 24.3 Å². The van der Waals surface area contributed by atoms with Crippen LogP contribution in [-0.4, -0.2) is 26.0 Å². The molecule has 0 saturated carbocycles. The molecule has 2 aromatic carbocycles. The minimum Gasteiger partial charge on any atom is -0.497 e. The molecule has 2 rings (SSSR count). The van der Waals surface area contributed by atoms with Gasteiger partial charge in [-0.2, -0.15) is 0 Å². The Morgan fingerprint density at radius 3 is 2.20 bits per heavy atom. The Hall–Kier alpha value is -2.82. The fourth-order valence-electron chi connectivity index (χ4n) is 2.79. The lowest BCUT2D eigenvalue weighted by molar-refractivity contribution is -0.118. The van der Waals surface area contributed by atoms with E-state index >= 15 is 0 Å². The molecule has 0 spiro atoms. The molecule has 0 fully saturated rings. The summed E-state index contributed by atoms with van der Waals surface area (Å²) in [4.78, 5) is 24.9. The van der Waals surface area contributed by atoms with Crippen LogP contribution in [0.4, 0.5) is 5.69 Å². The van der Waals surface area contributed by atoms with Gasteiger partial charge in [-0.05, 0) is 35.7 Å². The van der Waals surface area contributed by atoms with E-state index in [1.54, 1.807) is 38.4 Å². The van der Waals surface area contributed by atoms with Gasteiger partial charge in [0.2, 0.25) is 5.91 Å². The SMILES string of the molecule is CNC(=O)c1ccccc1NC(=O)C(c1ccc(OC)cc1)C(C)C. The molecule has 1 unspecified atom stereocenters. The zero-order valence-corrected chi connectivity index (χ0v) is 15.0. The van der Waals surface area contributed by atoms with E-state index in [0.29, 0.717) is 11.3 Å². The van der Waals surface area contributed by atoms with Gasteiger partial charge in [-0.3, -0.25) is 9.59 Å². The van der Waals surface area contributed by atoms with Crippen molar-refractivity contribution < 1.29 is 14.3 Å². The second-order valence-electron chi connectivity index (χ2n) is 6.11. The minimum atomic E-state index is -0.330. The predicted octanol–water partition coefficient (Wildman–Crippen LogP) is 3.43. The maximum atomic E-state index is 12.9. The molecule has 0 radical (unpaired) electrons. The van der Waals surface area contributed by atoms with Crippen LogP contribution in [0.3, 0.4) is 0 Å². The summed E-state index contributed by atoms with van der Waals surface area (Å²) in [6.07, 6.45) is 0. The molecule has 5 heteroatoms. The molecule has 5 nitrogen and oxygen atoms in total. The van der Waals surface area contributed by atoms with Gasteiger partial charge in [-0.15, -0.1) is 0 Å².